The molecule has 0 aliphatic carbocycles. The van der Waals surface area contributed by atoms with Gasteiger partial charge in [0, 0.05) is 21.7 Å². The lowest BCUT2D eigenvalue weighted by atomic mass is 10.0. The number of aryl methyl sites for hydroxylation is 1. The average Bonchev–Trinajstić information content (AvgIpc) is 3.27. The molecule has 3 nitrogen and oxygen atoms in total. The van der Waals surface area contributed by atoms with Crippen LogP contribution in [0.1, 0.15) is 17.5 Å². The van der Waals surface area contributed by atoms with E-state index < -0.39 is 5.97 Å². The number of rotatable bonds is 8. The predicted octanol–water partition coefficient (Wildman–Crippen LogP) is 6.68. The number of para-hydroxylation sites is 1. The summed E-state index contributed by atoms with van der Waals surface area (Å²) in [4.78, 5) is 13.3. The lowest BCUT2D eigenvalue weighted by molar-refractivity contribution is -0.136. The number of ether oxygens (including phenoxy) is 1. The van der Waals surface area contributed by atoms with Crippen LogP contribution in [0.5, 0.6) is 5.75 Å². The second-order valence-corrected chi connectivity index (χ2v) is 8.07. The normalized spacial score (nSPS) is 10.7. The Bertz CT molecular complexity index is 1130. The molecule has 1 N–H and O–H groups in total. The molecule has 0 radical (unpaired) electrons. The Morgan fingerprint density at radius 1 is 0.767 bits per heavy atom. The number of benzene rings is 3. The molecular formula is C26H22O3S. The van der Waals surface area contributed by atoms with Crippen molar-refractivity contribution in [2.45, 2.75) is 19.4 Å². The Labute approximate surface area is 180 Å². The molecule has 0 saturated carbocycles. The fourth-order valence-corrected chi connectivity index (χ4v) is 4.48. The molecule has 0 unspecified atom stereocenters. The third-order valence-electron chi connectivity index (χ3n) is 4.89. The third-order valence-corrected chi connectivity index (χ3v) is 6.04. The van der Waals surface area contributed by atoms with Crippen molar-refractivity contribution in [2.24, 2.45) is 0 Å². The standard InChI is InChI=1S/C26H22O3S/c27-26(28)17-14-20-10-4-5-11-21(20)24-15-16-25(30-24)22-12-6-7-13-23(22)29-18-19-8-2-1-3-9-19/h1-13,15-16H,14,17-18H2,(H,27,28). The largest absolute Gasteiger partial charge is 0.488 e. The first-order chi connectivity index (χ1) is 14.7. The van der Waals surface area contributed by atoms with E-state index in [1.54, 1.807) is 11.3 Å². The zero-order chi connectivity index (χ0) is 20.8. The number of hydrogen-bond donors (Lipinski definition) is 1. The molecule has 0 saturated heterocycles. The Balaban J connectivity index is 1.59. The van der Waals surface area contributed by atoms with Crippen LogP contribution in [0.3, 0.4) is 0 Å². The number of aliphatic carboxylic acids is 1. The van der Waals surface area contributed by atoms with Crippen molar-refractivity contribution in [3.8, 4) is 26.6 Å². The fraction of sp³-hybridized carbons (Fsp3) is 0.115. The van der Waals surface area contributed by atoms with E-state index in [-0.39, 0.29) is 6.42 Å². The zero-order valence-electron chi connectivity index (χ0n) is 16.5. The quantitative estimate of drug-likeness (QED) is 0.350. The number of carboxylic acid groups (broad SMARTS) is 1. The van der Waals surface area contributed by atoms with E-state index in [0.29, 0.717) is 13.0 Å². The number of carbonyl (C=O) groups is 1. The van der Waals surface area contributed by atoms with Gasteiger partial charge in [0.05, 0.1) is 0 Å². The predicted molar refractivity (Wildman–Crippen MR) is 122 cm³/mol. The Kier molecular flexibility index (Phi) is 6.26. The highest BCUT2D eigenvalue weighted by atomic mass is 32.1. The molecule has 4 aromatic rings. The van der Waals surface area contributed by atoms with Gasteiger partial charge in [-0.1, -0.05) is 66.7 Å². The smallest absolute Gasteiger partial charge is 0.303 e. The van der Waals surface area contributed by atoms with Crippen LogP contribution < -0.4 is 4.74 Å². The summed E-state index contributed by atoms with van der Waals surface area (Å²) >= 11 is 1.70. The molecule has 0 spiro atoms. The first-order valence-electron chi connectivity index (χ1n) is 9.87. The minimum absolute atomic E-state index is 0.130. The van der Waals surface area contributed by atoms with Gasteiger partial charge in [0.2, 0.25) is 0 Å². The molecule has 0 fully saturated rings. The van der Waals surface area contributed by atoms with Crippen LogP contribution in [-0.4, -0.2) is 11.1 Å². The highest BCUT2D eigenvalue weighted by Gasteiger charge is 2.13. The van der Waals surface area contributed by atoms with Gasteiger partial charge in [-0.2, -0.15) is 0 Å². The van der Waals surface area contributed by atoms with E-state index >= 15 is 0 Å². The van der Waals surface area contributed by atoms with E-state index in [1.807, 2.05) is 54.6 Å². The third kappa shape index (κ3) is 4.78. The minimum Gasteiger partial charge on any atom is -0.488 e. The van der Waals surface area contributed by atoms with E-state index in [1.165, 1.54) is 0 Å². The number of thiophene rings is 1. The summed E-state index contributed by atoms with van der Waals surface area (Å²) in [6, 6.07) is 30.5. The summed E-state index contributed by atoms with van der Waals surface area (Å²) in [5.74, 6) is 0.0788. The summed E-state index contributed by atoms with van der Waals surface area (Å²) in [6.07, 6.45) is 0.654. The molecule has 150 valence electrons. The van der Waals surface area contributed by atoms with Crippen molar-refractivity contribution in [1.29, 1.82) is 0 Å². The molecule has 3 aromatic carbocycles. The van der Waals surface area contributed by atoms with Crippen molar-refractivity contribution in [2.75, 3.05) is 0 Å². The van der Waals surface area contributed by atoms with Gasteiger partial charge < -0.3 is 9.84 Å². The monoisotopic (exact) mass is 414 g/mol. The SMILES string of the molecule is O=C(O)CCc1ccccc1-c1ccc(-c2ccccc2OCc2ccccc2)s1. The molecule has 4 heteroatoms. The topological polar surface area (TPSA) is 46.5 Å². The summed E-state index contributed by atoms with van der Waals surface area (Å²) in [6.45, 7) is 0.522. The van der Waals surface area contributed by atoms with Crippen LogP contribution in [0.4, 0.5) is 0 Å². The van der Waals surface area contributed by atoms with Crippen LogP contribution in [0, 0.1) is 0 Å². The second-order valence-electron chi connectivity index (χ2n) is 6.99. The van der Waals surface area contributed by atoms with Crippen molar-refractivity contribution in [3.63, 3.8) is 0 Å². The summed E-state index contributed by atoms with van der Waals surface area (Å²) in [7, 11) is 0. The first kappa shape index (κ1) is 19.9. The molecule has 0 atom stereocenters. The maximum absolute atomic E-state index is 11.0. The van der Waals surface area contributed by atoms with Gasteiger partial charge >= 0.3 is 5.97 Å². The summed E-state index contributed by atoms with van der Waals surface area (Å²) in [5.41, 5.74) is 4.35. The van der Waals surface area contributed by atoms with Crippen molar-refractivity contribution < 1.29 is 14.6 Å². The van der Waals surface area contributed by atoms with Crippen LogP contribution in [-0.2, 0) is 17.8 Å². The first-order valence-corrected chi connectivity index (χ1v) is 10.7. The van der Waals surface area contributed by atoms with Gasteiger partial charge in [-0.3, -0.25) is 4.79 Å². The van der Waals surface area contributed by atoms with Gasteiger partial charge in [0.15, 0.2) is 0 Å². The highest BCUT2D eigenvalue weighted by molar-refractivity contribution is 7.18. The average molecular weight is 415 g/mol. The molecule has 1 aromatic heterocycles. The molecule has 0 aliphatic rings. The van der Waals surface area contributed by atoms with E-state index in [9.17, 15) is 4.79 Å². The molecule has 1 heterocycles. The van der Waals surface area contributed by atoms with Crippen molar-refractivity contribution in [1.82, 2.24) is 0 Å². The fourth-order valence-electron chi connectivity index (χ4n) is 3.38. The Morgan fingerprint density at radius 2 is 1.40 bits per heavy atom. The van der Waals surface area contributed by atoms with E-state index in [0.717, 1.165) is 37.8 Å². The Morgan fingerprint density at radius 3 is 2.17 bits per heavy atom. The van der Waals surface area contributed by atoms with Gasteiger partial charge in [-0.15, -0.1) is 11.3 Å². The van der Waals surface area contributed by atoms with E-state index in [2.05, 4.69) is 36.4 Å². The lowest BCUT2D eigenvalue weighted by Gasteiger charge is -2.10. The molecule has 0 bridgehead atoms. The number of hydrogen-bond acceptors (Lipinski definition) is 3. The van der Waals surface area contributed by atoms with Crippen molar-refractivity contribution >= 4 is 17.3 Å². The Hall–Kier alpha value is -3.37. The summed E-state index contributed by atoms with van der Waals surface area (Å²) in [5, 5.41) is 9.04. The van der Waals surface area contributed by atoms with Crippen LogP contribution >= 0.6 is 11.3 Å². The molecule has 0 amide bonds. The van der Waals surface area contributed by atoms with Gasteiger partial charge in [0.1, 0.15) is 12.4 Å². The van der Waals surface area contributed by atoms with Crippen molar-refractivity contribution in [3.05, 3.63) is 102 Å². The maximum Gasteiger partial charge on any atom is 0.303 e. The summed E-state index contributed by atoms with van der Waals surface area (Å²) < 4.78 is 6.12. The molecule has 4 rings (SSSR count). The minimum atomic E-state index is -0.777. The molecule has 30 heavy (non-hydrogen) atoms. The van der Waals surface area contributed by atoms with Gasteiger partial charge in [-0.05, 0) is 47.4 Å². The zero-order valence-corrected chi connectivity index (χ0v) is 17.3. The number of carboxylic acids is 1. The van der Waals surface area contributed by atoms with Crippen LogP contribution in [0.25, 0.3) is 20.9 Å². The molecule has 0 aliphatic heterocycles. The highest BCUT2D eigenvalue weighted by Crippen LogP contribution is 2.40. The maximum atomic E-state index is 11.0. The van der Waals surface area contributed by atoms with Gasteiger partial charge in [0.25, 0.3) is 0 Å². The van der Waals surface area contributed by atoms with E-state index in [4.69, 9.17) is 9.84 Å². The van der Waals surface area contributed by atoms with Crippen LogP contribution in [0.15, 0.2) is 91.0 Å². The van der Waals surface area contributed by atoms with Crippen LogP contribution in [0.2, 0.25) is 0 Å². The second kappa shape index (κ2) is 9.42. The lowest BCUT2D eigenvalue weighted by Crippen LogP contribution is -1.98. The molecular weight excluding hydrogens is 392 g/mol. The van der Waals surface area contributed by atoms with Gasteiger partial charge in [-0.25, -0.2) is 0 Å².